The highest BCUT2D eigenvalue weighted by atomic mass is 16.6. The predicted octanol–water partition coefficient (Wildman–Crippen LogP) is 5.55. The second-order valence-corrected chi connectivity index (χ2v) is 11.9. The number of likely N-dealkylation sites (tertiary alicyclic amines) is 2. The number of aliphatic hydroxyl groups excluding tert-OH is 1. The lowest BCUT2D eigenvalue weighted by molar-refractivity contribution is 0.0158. The fourth-order valence-electron chi connectivity index (χ4n) is 6.33. The highest BCUT2D eigenvalue weighted by Crippen LogP contribution is 2.28. The smallest absolute Gasteiger partial charge is 0.407 e. The topological polar surface area (TPSA) is 103 Å². The van der Waals surface area contributed by atoms with E-state index >= 15 is 0 Å². The molecule has 2 fully saturated rings. The molecule has 2 aliphatic heterocycles. The number of urea groups is 1. The normalized spacial score (nSPS) is 21.1. The van der Waals surface area contributed by atoms with E-state index in [4.69, 9.17) is 9.47 Å². The third-order valence-electron chi connectivity index (χ3n) is 8.74. The van der Waals surface area contributed by atoms with Crippen molar-refractivity contribution >= 4 is 17.8 Å². The van der Waals surface area contributed by atoms with Gasteiger partial charge in [-0.3, -0.25) is 4.90 Å². The van der Waals surface area contributed by atoms with E-state index in [1.807, 2.05) is 97.1 Å². The quantitative estimate of drug-likeness (QED) is 0.227. The van der Waals surface area contributed by atoms with Gasteiger partial charge in [-0.2, -0.15) is 0 Å². The molecule has 2 saturated heterocycles. The number of aliphatic hydroxyl groups is 1. The van der Waals surface area contributed by atoms with Gasteiger partial charge in [-0.25, -0.2) is 9.59 Å². The van der Waals surface area contributed by atoms with Gasteiger partial charge in [0.15, 0.2) is 6.10 Å². The molecule has 3 amide bonds. The molecule has 0 unspecified atom stereocenters. The van der Waals surface area contributed by atoms with Crippen LogP contribution in [0.2, 0.25) is 0 Å². The van der Waals surface area contributed by atoms with Crippen LogP contribution in [0, 0.1) is 0 Å². The number of amides is 3. The minimum atomic E-state index is -1.04. The zero-order valence-corrected chi connectivity index (χ0v) is 25.9. The van der Waals surface area contributed by atoms with Gasteiger partial charge in [0.25, 0.3) is 0 Å². The van der Waals surface area contributed by atoms with Crippen molar-refractivity contribution in [2.45, 2.75) is 43.7 Å². The molecule has 0 aliphatic carbocycles. The van der Waals surface area contributed by atoms with Gasteiger partial charge in [-0.15, -0.1) is 0 Å². The number of alkyl carbamates (subject to hydrolysis) is 1. The second kappa shape index (κ2) is 14.5. The number of β-amino-alcohol motifs (C(OH)–C–C–N with tert-alkyl or cyclic N) is 1. The monoisotopic (exact) mass is 620 g/mol. The maximum absolute atomic E-state index is 13.6. The molecule has 2 heterocycles. The lowest BCUT2D eigenvalue weighted by Crippen LogP contribution is -2.47. The van der Waals surface area contributed by atoms with Gasteiger partial charge >= 0.3 is 12.1 Å². The molecular weight excluding hydrogens is 580 g/mol. The third kappa shape index (κ3) is 7.67. The fraction of sp³-hybridized carbons (Fsp3) is 0.297. The summed E-state index contributed by atoms with van der Waals surface area (Å²) in [6.45, 7) is 2.43. The van der Waals surface area contributed by atoms with Gasteiger partial charge in [0.1, 0.15) is 11.9 Å². The van der Waals surface area contributed by atoms with E-state index in [2.05, 4.69) is 27.7 Å². The molecule has 9 heteroatoms. The SMILES string of the molecule is COc1ccc(C[C@@H]2[C@H](OC(=O)N[C@@H]3CCN(Cc4ccccc4)C3)[C@@H](O)CN2C(=O)Nc2ccc(-c3ccccc3)cc2)cc1. The van der Waals surface area contributed by atoms with Crippen molar-refractivity contribution in [2.24, 2.45) is 0 Å². The van der Waals surface area contributed by atoms with Crippen LogP contribution in [-0.4, -0.2) is 78.1 Å². The first-order chi connectivity index (χ1) is 22.4. The lowest BCUT2D eigenvalue weighted by atomic mass is 10.0. The summed E-state index contributed by atoms with van der Waals surface area (Å²) in [5, 5.41) is 17.1. The minimum absolute atomic E-state index is 0.0288. The number of ether oxygens (including phenoxy) is 2. The van der Waals surface area contributed by atoms with E-state index in [-0.39, 0.29) is 18.6 Å². The van der Waals surface area contributed by atoms with E-state index in [1.165, 1.54) is 5.56 Å². The number of nitrogens with one attached hydrogen (secondary N) is 2. The van der Waals surface area contributed by atoms with Crippen molar-refractivity contribution in [1.29, 1.82) is 0 Å². The molecule has 0 aromatic heterocycles. The number of methoxy groups -OCH3 is 1. The summed E-state index contributed by atoms with van der Waals surface area (Å²) in [4.78, 5) is 30.7. The van der Waals surface area contributed by atoms with Crippen LogP contribution in [0.15, 0.2) is 109 Å². The maximum Gasteiger partial charge on any atom is 0.407 e. The van der Waals surface area contributed by atoms with Gasteiger partial charge in [0.05, 0.1) is 19.7 Å². The number of carbonyl (C=O) groups excluding carboxylic acids is 2. The summed E-state index contributed by atoms with van der Waals surface area (Å²) in [5.41, 5.74) is 4.91. The van der Waals surface area contributed by atoms with Crippen LogP contribution >= 0.6 is 0 Å². The molecule has 4 atom stereocenters. The zero-order chi connectivity index (χ0) is 31.9. The summed E-state index contributed by atoms with van der Waals surface area (Å²) >= 11 is 0. The van der Waals surface area contributed by atoms with Gasteiger partial charge in [-0.05, 0) is 59.4 Å². The summed E-state index contributed by atoms with van der Waals surface area (Å²) < 4.78 is 11.2. The molecule has 6 rings (SSSR count). The molecule has 238 valence electrons. The number of carbonyl (C=O) groups is 2. The summed E-state index contributed by atoms with van der Waals surface area (Å²) in [6.07, 6.45) is -1.35. The largest absolute Gasteiger partial charge is 0.497 e. The van der Waals surface area contributed by atoms with Crippen molar-refractivity contribution in [3.8, 4) is 16.9 Å². The molecule has 4 aromatic carbocycles. The third-order valence-corrected chi connectivity index (χ3v) is 8.74. The highest BCUT2D eigenvalue weighted by Gasteiger charge is 2.46. The average Bonchev–Trinajstić information content (AvgIpc) is 3.65. The van der Waals surface area contributed by atoms with Crippen LogP contribution in [0.4, 0.5) is 15.3 Å². The number of hydrogen-bond acceptors (Lipinski definition) is 6. The molecule has 46 heavy (non-hydrogen) atoms. The number of anilines is 1. The lowest BCUT2D eigenvalue weighted by Gasteiger charge is -2.28. The van der Waals surface area contributed by atoms with Crippen molar-refractivity contribution in [3.05, 3.63) is 120 Å². The van der Waals surface area contributed by atoms with Crippen LogP contribution in [0.3, 0.4) is 0 Å². The fourth-order valence-corrected chi connectivity index (χ4v) is 6.33. The summed E-state index contributed by atoms with van der Waals surface area (Å²) in [5.74, 6) is 0.716. The van der Waals surface area contributed by atoms with Crippen molar-refractivity contribution < 1.29 is 24.2 Å². The Morgan fingerprint density at radius 3 is 2.20 bits per heavy atom. The molecule has 9 nitrogen and oxygen atoms in total. The Hall–Kier alpha value is -4.86. The van der Waals surface area contributed by atoms with Crippen molar-refractivity contribution in [2.75, 3.05) is 32.1 Å². The van der Waals surface area contributed by atoms with Crippen LogP contribution < -0.4 is 15.4 Å². The number of benzene rings is 4. The zero-order valence-electron chi connectivity index (χ0n) is 25.9. The maximum atomic E-state index is 13.6. The van der Waals surface area contributed by atoms with E-state index in [0.29, 0.717) is 24.4 Å². The van der Waals surface area contributed by atoms with E-state index < -0.39 is 24.3 Å². The Labute approximate surface area is 269 Å². The number of nitrogens with zero attached hydrogens (tertiary/aromatic N) is 2. The molecule has 2 aliphatic rings. The first-order valence-corrected chi connectivity index (χ1v) is 15.7. The van der Waals surface area contributed by atoms with E-state index in [0.717, 1.165) is 36.2 Å². The molecule has 4 aromatic rings. The first-order valence-electron chi connectivity index (χ1n) is 15.7. The molecule has 0 saturated carbocycles. The minimum Gasteiger partial charge on any atom is -0.497 e. The van der Waals surface area contributed by atoms with Crippen LogP contribution in [0.5, 0.6) is 5.75 Å². The van der Waals surface area contributed by atoms with Gasteiger partial charge < -0.3 is 30.1 Å². The molecule has 0 bridgehead atoms. The molecule has 0 spiro atoms. The highest BCUT2D eigenvalue weighted by molar-refractivity contribution is 5.90. The van der Waals surface area contributed by atoms with Crippen LogP contribution in [-0.2, 0) is 17.7 Å². The Morgan fingerprint density at radius 1 is 0.826 bits per heavy atom. The van der Waals surface area contributed by atoms with E-state index in [9.17, 15) is 14.7 Å². The van der Waals surface area contributed by atoms with Crippen LogP contribution in [0.25, 0.3) is 11.1 Å². The summed E-state index contributed by atoms with van der Waals surface area (Å²) in [6, 6.07) is 34.4. The number of hydrogen-bond donors (Lipinski definition) is 3. The molecule has 0 radical (unpaired) electrons. The Kier molecular flexibility index (Phi) is 9.81. The van der Waals surface area contributed by atoms with Gasteiger partial charge in [0.2, 0.25) is 0 Å². The van der Waals surface area contributed by atoms with Crippen molar-refractivity contribution in [1.82, 2.24) is 15.1 Å². The van der Waals surface area contributed by atoms with Crippen molar-refractivity contribution in [3.63, 3.8) is 0 Å². The first kappa shape index (κ1) is 31.1. The number of rotatable bonds is 9. The predicted molar refractivity (Wildman–Crippen MR) is 178 cm³/mol. The van der Waals surface area contributed by atoms with Gasteiger partial charge in [0, 0.05) is 31.4 Å². The average molecular weight is 621 g/mol. The standard InChI is InChI=1S/C37H40N4O5/c1-45-32-18-12-26(13-19-32)22-33-35(46-37(44)39-31-20-21-40(24-31)23-27-8-4-2-5-9-27)34(42)25-41(33)36(43)38-30-16-14-29(15-17-30)28-10-6-3-7-11-28/h2-19,31,33-35,42H,20-25H2,1H3,(H,38,43)(H,39,44)/t31-,33-,34+,35+/m1/s1. The second-order valence-electron chi connectivity index (χ2n) is 11.9. The van der Waals surface area contributed by atoms with E-state index in [1.54, 1.807) is 12.0 Å². The van der Waals surface area contributed by atoms with Gasteiger partial charge in [-0.1, -0.05) is 84.9 Å². The Balaban J connectivity index is 1.12. The Morgan fingerprint density at radius 2 is 1.50 bits per heavy atom. The van der Waals surface area contributed by atoms with Crippen LogP contribution in [0.1, 0.15) is 17.5 Å². The molecule has 3 N–H and O–H groups in total. The molecular formula is C37H40N4O5. The summed E-state index contributed by atoms with van der Waals surface area (Å²) in [7, 11) is 1.61. The Bertz CT molecular complexity index is 1580.